The third kappa shape index (κ3) is 2.75. The largest absolute Gasteiger partial charge is 0.367 e. The van der Waals surface area contributed by atoms with Gasteiger partial charge in [-0.15, -0.1) is 0 Å². The molecular weight excluding hydrogens is 256 g/mol. The lowest BCUT2D eigenvalue weighted by Gasteiger charge is -2.47. The molecule has 1 heterocycles. The fourth-order valence-electron chi connectivity index (χ4n) is 3.59. The van der Waals surface area contributed by atoms with Gasteiger partial charge in [0, 0.05) is 25.2 Å². The van der Waals surface area contributed by atoms with Crippen molar-refractivity contribution >= 4 is 17.3 Å². The lowest BCUT2D eigenvalue weighted by molar-refractivity contribution is 0.216. The van der Waals surface area contributed by atoms with E-state index in [1.807, 2.05) is 0 Å². The first-order chi connectivity index (χ1) is 9.19. The van der Waals surface area contributed by atoms with Gasteiger partial charge >= 0.3 is 0 Å². The number of rotatable bonds is 1. The molecule has 0 unspecified atom stereocenters. The second-order valence-electron chi connectivity index (χ2n) is 6.14. The maximum atomic E-state index is 6.43. The van der Waals surface area contributed by atoms with Crippen molar-refractivity contribution in [2.45, 2.75) is 44.6 Å². The minimum absolute atomic E-state index is 0.338. The molecule has 2 aliphatic rings. The van der Waals surface area contributed by atoms with E-state index in [9.17, 15) is 0 Å². The molecule has 1 spiro atoms. The van der Waals surface area contributed by atoms with Gasteiger partial charge in [-0.05, 0) is 37.5 Å². The van der Waals surface area contributed by atoms with E-state index < -0.39 is 0 Å². The summed E-state index contributed by atoms with van der Waals surface area (Å²) in [6.07, 6.45) is 6.75. The Bertz CT molecular complexity index is 447. The summed E-state index contributed by atoms with van der Waals surface area (Å²) in [5, 5.41) is 4.68. The molecular formula is C16H23ClN2. The lowest BCUT2D eigenvalue weighted by Crippen LogP contribution is -2.61. The van der Waals surface area contributed by atoms with Crippen LogP contribution in [0.1, 0.15) is 37.7 Å². The molecule has 0 amide bonds. The highest BCUT2D eigenvalue weighted by molar-refractivity contribution is 6.33. The molecule has 0 aromatic heterocycles. The Hall–Kier alpha value is -0.730. The van der Waals surface area contributed by atoms with Crippen LogP contribution in [0, 0.1) is 6.92 Å². The summed E-state index contributed by atoms with van der Waals surface area (Å²) in [7, 11) is 0. The third-order valence-electron chi connectivity index (χ3n) is 4.63. The fourth-order valence-corrected chi connectivity index (χ4v) is 3.95. The quantitative estimate of drug-likeness (QED) is 0.841. The lowest BCUT2D eigenvalue weighted by atomic mass is 9.80. The van der Waals surface area contributed by atoms with Gasteiger partial charge < -0.3 is 10.2 Å². The average molecular weight is 279 g/mol. The van der Waals surface area contributed by atoms with Gasteiger partial charge in [0.2, 0.25) is 0 Å². The summed E-state index contributed by atoms with van der Waals surface area (Å²) >= 11 is 6.43. The molecule has 2 nitrogen and oxygen atoms in total. The van der Waals surface area contributed by atoms with Crippen LogP contribution in [0.3, 0.4) is 0 Å². The topological polar surface area (TPSA) is 15.3 Å². The number of nitrogens with one attached hydrogen (secondary N) is 1. The van der Waals surface area contributed by atoms with Crippen LogP contribution in [0.2, 0.25) is 5.02 Å². The number of anilines is 1. The van der Waals surface area contributed by atoms with Crippen molar-refractivity contribution in [1.82, 2.24) is 5.32 Å². The summed E-state index contributed by atoms with van der Waals surface area (Å²) in [5.74, 6) is 0. The minimum atomic E-state index is 0.338. The monoisotopic (exact) mass is 278 g/mol. The number of hydrogen-bond donors (Lipinski definition) is 1. The van der Waals surface area contributed by atoms with E-state index in [0.717, 1.165) is 24.7 Å². The number of hydrogen-bond acceptors (Lipinski definition) is 2. The summed E-state index contributed by atoms with van der Waals surface area (Å²) in [5.41, 5.74) is 2.78. The van der Waals surface area contributed by atoms with Gasteiger partial charge in [0.1, 0.15) is 0 Å². The van der Waals surface area contributed by atoms with Gasteiger partial charge in [-0.25, -0.2) is 0 Å². The standard InChI is InChI=1S/C16H23ClN2/c1-13-5-6-15(14(17)11-13)19-10-9-18-16(12-19)7-3-2-4-8-16/h5-6,11,18H,2-4,7-10,12H2,1H3. The molecule has 2 fully saturated rings. The summed E-state index contributed by atoms with van der Waals surface area (Å²) in [6.45, 7) is 5.33. The Labute approximate surface area is 121 Å². The van der Waals surface area contributed by atoms with E-state index in [-0.39, 0.29) is 0 Å². The van der Waals surface area contributed by atoms with Gasteiger partial charge in [-0.3, -0.25) is 0 Å². The highest BCUT2D eigenvalue weighted by Gasteiger charge is 2.36. The first-order valence-corrected chi connectivity index (χ1v) is 7.83. The van der Waals surface area contributed by atoms with Crippen LogP contribution in [0.5, 0.6) is 0 Å². The molecule has 1 N–H and O–H groups in total. The van der Waals surface area contributed by atoms with Crippen molar-refractivity contribution < 1.29 is 0 Å². The van der Waals surface area contributed by atoms with Crippen LogP contribution in [-0.4, -0.2) is 25.2 Å². The predicted octanol–water partition coefficient (Wildman–Crippen LogP) is 3.76. The van der Waals surface area contributed by atoms with E-state index in [2.05, 4.69) is 35.3 Å². The van der Waals surface area contributed by atoms with Gasteiger partial charge in [-0.2, -0.15) is 0 Å². The average Bonchev–Trinajstić information content (AvgIpc) is 2.39. The van der Waals surface area contributed by atoms with E-state index in [4.69, 9.17) is 11.6 Å². The zero-order valence-corrected chi connectivity index (χ0v) is 12.5. The molecule has 1 aromatic carbocycles. The number of nitrogens with zero attached hydrogens (tertiary/aromatic N) is 1. The third-order valence-corrected chi connectivity index (χ3v) is 4.93. The van der Waals surface area contributed by atoms with Crippen LogP contribution in [0.25, 0.3) is 0 Å². The smallest absolute Gasteiger partial charge is 0.0642 e. The predicted molar refractivity (Wildman–Crippen MR) is 82.2 cm³/mol. The van der Waals surface area contributed by atoms with E-state index in [0.29, 0.717) is 5.54 Å². The maximum absolute atomic E-state index is 6.43. The normalized spacial score (nSPS) is 22.7. The molecule has 0 atom stereocenters. The number of halogens is 1. The zero-order valence-electron chi connectivity index (χ0n) is 11.7. The molecule has 1 aromatic rings. The van der Waals surface area contributed by atoms with Crippen molar-refractivity contribution in [3.63, 3.8) is 0 Å². The van der Waals surface area contributed by atoms with Crippen molar-refractivity contribution in [1.29, 1.82) is 0 Å². The van der Waals surface area contributed by atoms with Crippen molar-refractivity contribution in [3.05, 3.63) is 28.8 Å². The van der Waals surface area contributed by atoms with Gasteiger partial charge in [0.25, 0.3) is 0 Å². The molecule has 3 heteroatoms. The van der Waals surface area contributed by atoms with Crippen LogP contribution < -0.4 is 10.2 Å². The molecule has 1 saturated carbocycles. The first kappa shape index (κ1) is 13.3. The van der Waals surface area contributed by atoms with Crippen LogP contribution in [0.15, 0.2) is 18.2 Å². The molecule has 104 valence electrons. The Morgan fingerprint density at radius 3 is 2.74 bits per heavy atom. The Kier molecular flexibility index (Phi) is 3.72. The van der Waals surface area contributed by atoms with Crippen molar-refractivity contribution in [2.24, 2.45) is 0 Å². The van der Waals surface area contributed by atoms with Crippen molar-refractivity contribution in [3.8, 4) is 0 Å². The molecule has 1 aliphatic carbocycles. The summed E-state index contributed by atoms with van der Waals surface area (Å²) in [6, 6.07) is 6.42. The minimum Gasteiger partial charge on any atom is -0.367 e. The van der Waals surface area contributed by atoms with Crippen LogP contribution >= 0.6 is 11.6 Å². The summed E-state index contributed by atoms with van der Waals surface area (Å²) < 4.78 is 0. The zero-order chi connectivity index (χ0) is 13.3. The molecule has 19 heavy (non-hydrogen) atoms. The van der Waals surface area contributed by atoms with Gasteiger partial charge in [0.15, 0.2) is 0 Å². The van der Waals surface area contributed by atoms with Gasteiger partial charge in [0.05, 0.1) is 10.7 Å². The highest BCUT2D eigenvalue weighted by Crippen LogP contribution is 2.34. The second kappa shape index (κ2) is 5.34. The number of piperazine rings is 1. The van der Waals surface area contributed by atoms with Crippen LogP contribution in [-0.2, 0) is 0 Å². The first-order valence-electron chi connectivity index (χ1n) is 7.45. The fraction of sp³-hybridized carbons (Fsp3) is 0.625. The molecule has 3 rings (SSSR count). The second-order valence-corrected chi connectivity index (χ2v) is 6.55. The summed E-state index contributed by atoms with van der Waals surface area (Å²) in [4.78, 5) is 2.48. The molecule has 1 aliphatic heterocycles. The van der Waals surface area contributed by atoms with Gasteiger partial charge in [-0.1, -0.05) is 36.9 Å². The molecule has 0 radical (unpaired) electrons. The van der Waals surface area contributed by atoms with Crippen LogP contribution in [0.4, 0.5) is 5.69 Å². The number of benzene rings is 1. The molecule has 0 bridgehead atoms. The highest BCUT2D eigenvalue weighted by atomic mass is 35.5. The van der Waals surface area contributed by atoms with E-state index in [1.54, 1.807) is 0 Å². The Balaban J connectivity index is 1.81. The Morgan fingerprint density at radius 1 is 1.21 bits per heavy atom. The molecule has 1 saturated heterocycles. The number of aryl methyl sites for hydroxylation is 1. The maximum Gasteiger partial charge on any atom is 0.0642 e. The van der Waals surface area contributed by atoms with Crippen molar-refractivity contribution in [2.75, 3.05) is 24.5 Å². The Morgan fingerprint density at radius 2 is 2.00 bits per heavy atom. The SMILES string of the molecule is Cc1ccc(N2CCNC3(CCCCC3)C2)c(Cl)c1. The van der Waals surface area contributed by atoms with E-state index in [1.165, 1.54) is 43.4 Å². The van der Waals surface area contributed by atoms with E-state index >= 15 is 0 Å².